The molecule has 2 N–H and O–H groups in total. The Morgan fingerprint density at radius 1 is 1.11 bits per heavy atom. The highest BCUT2D eigenvalue weighted by Crippen LogP contribution is 2.73. The van der Waals surface area contributed by atoms with Gasteiger partial charge in [-0.25, -0.2) is 0 Å². The molecule has 8 aliphatic rings. The lowest BCUT2D eigenvalue weighted by Gasteiger charge is -2.68. The lowest BCUT2D eigenvalue weighted by atomic mass is 9.40. The van der Waals surface area contributed by atoms with E-state index >= 15 is 0 Å². The van der Waals surface area contributed by atoms with Crippen LogP contribution in [0.1, 0.15) is 75.3 Å². The molecule has 3 spiro atoms. The van der Waals surface area contributed by atoms with Gasteiger partial charge in [-0.3, -0.25) is 9.69 Å². The molecule has 37 heavy (non-hydrogen) atoms. The molecule has 2 saturated heterocycles. The number of fused-ring (bicyclic) bond motifs is 1. The summed E-state index contributed by atoms with van der Waals surface area (Å²) in [5.41, 5.74) is 2.41. The van der Waals surface area contributed by atoms with Crippen molar-refractivity contribution in [1.29, 1.82) is 0 Å². The topological polar surface area (TPSA) is 73.2 Å². The number of phenolic OH excluding ortho intramolecular Hbond substituents is 1. The molecule has 6 nitrogen and oxygen atoms in total. The minimum atomic E-state index is -0.860. The smallest absolute Gasteiger partial charge is 0.246 e. The average molecular weight is 503 g/mol. The van der Waals surface area contributed by atoms with Crippen LogP contribution in [0.25, 0.3) is 0 Å². The SMILES string of the molecule is O=C(/C=C1\CC[C@]12CC[C@@]1(O)[C@H]3Cc4ccc(O)c5c4[C@@]1(CCN3CC1CC1)[C@H]2O5)N1CC2(CCC2)C1. The Balaban J connectivity index is 1.12. The number of carbonyl (C=O) groups is 1. The number of nitrogens with zero attached hydrogens (tertiary/aromatic N) is 2. The molecule has 9 rings (SSSR count). The highest BCUT2D eigenvalue weighted by Gasteiger charge is 2.77. The Hall–Kier alpha value is -2.05. The summed E-state index contributed by atoms with van der Waals surface area (Å²) in [5.74, 6) is 1.77. The molecule has 1 amide bonds. The van der Waals surface area contributed by atoms with Crippen LogP contribution in [0.4, 0.5) is 0 Å². The molecule has 6 heteroatoms. The van der Waals surface area contributed by atoms with E-state index in [0.29, 0.717) is 11.2 Å². The molecule has 0 unspecified atom stereocenters. The Morgan fingerprint density at radius 3 is 2.65 bits per heavy atom. The van der Waals surface area contributed by atoms with E-state index in [4.69, 9.17) is 4.74 Å². The first-order valence-electron chi connectivity index (χ1n) is 14.9. The predicted molar refractivity (Wildman–Crippen MR) is 137 cm³/mol. The van der Waals surface area contributed by atoms with Gasteiger partial charge in [-0.1, -0.05) is 18.1 Å². The second-order valence-corrected chi connectivity index (χ2v) is 14.1. The molecule has 3 aliphatic heterocycles. The number of hydrogen-bond donors (Lipinski definition) is 2. The minimum Gasteiger partial charge on any atom is -0.504 e. The Bertz CT molecular complexity index is 1260. The molecule has 0 radical (unpaired) electrons. The van der Waals surface area contributed by atoms with Crippen LogP contribution in [0, 0.1) is 16.7 Å². The van der Waals surface area contributed by atoms with Crippen molar-refractivity contribution in [2.45, 2.75) is 93.8 Å². The summed E-state index contributed by atoms with van der Waals surface area (Å²) >= 11 is 0. The van der Waals surface area contributed by atoms with Crippen LogP contribution in [0.15, 0.2) is 23.8 Å². The van der Waals surface area contributed by atoms with E-state index in [1.54, 1.807) is 6.07 Å². The molecule has 4 saturated carbocycles. The normalized spacial score (nSPS) is 43.2. The van der Waals surface area contributed by atoms with Gasteiger partial charge in [-0.15, -0.1) is 0 Å². The van der Waals surface area contributed by atoms with Gasteiger partial charge in [0.15, 0.2) is 11.5 Å². The van der Waals surface area contributed by atoms with Crippen molar-refractivity contribution in [3.8, 4) is 11.5 Å². The maximum atomic E-state index is 13.3. The number of carbonyl (C=O) groups excluding carboxylic acids is 1. The van der Waals surface area contributed by atoms with Crippen molar-refractivity contribution < 1.29 is 19.7 Å². The van der Waals surface area contributed by atoms with Crippen LogP contribution in [0.5, 0.6) is 11.5 Å². The van der Waals surface area contributed by atoms with Gasteiger partial charge in [0.05, 0.1) is 11.0 Å². The number of benzene rings is 1. The second-order valence-electron chi connectivity index (χ2n) is 14.1. The number of phenols is 1. The van der Waals surface area contributed by atoms with E-state index in [2.05, 4.69) is 11.0 Å². The van der Waals surface area contributed by atoms with Crippen molar-refractivity contribution in [2.75, 3.05) is 26.2 Å². The zero-order chi connectivity index (χ0) is 24.8. The standard InChI is InChI=1S/C31H38N2O4/c34-22-5-4-20-14-23-31(36)11-10-29(9-6-21(29)15-24(35)33-17-28(18-33)7-1-8-28)27-30(31,25(20)26(22)37-27)12-13-32(23)16-19-2-3-19/h4-5,15,19,23,27,34,36H,1-3,6-14,16-18H2/b21-15+/t23-,27+,29+,30+,31-/m1/s1. The van der Waals surface area contributed by atoms with Crippen molar-refractivity contribution >= 4 is 5.91 Å². The van der Waals surface area contributed by atoms with Gasteiger partial charge in [-0.05, 0) is 88.3 Å². The fourth-order valence-electron chi connectivity index (χ4n) is 10.2. The third-order valence-electron chi connectivity index (χ3n) is 12.5. The van der Waals surface area contributed by atoms with E-state index in [0.717, 1.165) is 76.2 Å². The second kappa shape index (κ2) is 6.74. The van der Waals surface area contributed by atoms with Gasteiger partial charge in [0.1, 0.15) is 6.10 Å². The number of rotatable bonds is 3. The van der Waals surface area contributed by atoms with Gasteiger partial charge in [0.2, 0.25) is 5.91 Å². The van der Waals surface area contributed by atoms with E-state index in [1.165, 1.54) is 43.2 Å². The lowest BCUT2D eigenvalue weighted by molar-refractivity contribution is -0.218. The average Bonchev–Trinajstić information content (AvgIpc) is 3.55. The molecule has 1 aromatic rings. The Kier molecular flexibility index (Phi) is 3.98. The zero-order valence-corrected chi connectivity index (χ0v) is 21.7. The van der Waals surface area contributed by atoms with E-state index in [-0.39, 0.29) is 29.2 Å². The summed E-state index contributed by atoms with van der Waals surface area (Å²) < 4.78 is 6.84. The first-order chi connectivity index (χ1) is 17.9. The highest BCUT2D eigenvalue weighted by atomic mass is 16.5. The largest absolute Gasteiger partial charge is 0.504 e. The number of aliphatic hydroxyl groups is 1. The fourth-order valence-corrected chi connectivity index (χ4v) is 10.2. The first-order valence-corrected chi connectivity index (χ1v) is 14.9. The summed E-state index contributed by atoms with van der Waals surface area (Å²) in [7, 11) is 0. The Labute approximate surface area is 218 Å². The number of hydrogen-bond acceptors (Lipinski definition) is 5. The molecule has 1 aromatic carbocycles. The Morgan fingerprint density at radius 2 is 1.95 bits per heavy atom. The molecule has 196 valence electrons. The summed E-state index contributed by atoms with van der Waals surface area (Å²) in [6.45, 7) is 3.92. The number of likely N-dealkylation sites (tertiary alicyclic amines) is 2. The monoisotopic (exact) mass is 502 g/mol. The lowest BCUT2D eigenvalue weighted by Crippen LogP contribution is -2.78. The highest BCUT2D eigenvalue weighted by molar-refractivity contribution is 5.89. The van der Waals surface area contributed by atoms with Gasteiger partial charge >= 0.3 is 0 Å². The third-order valence-corrected chi connectivity index (χ3v) is 12.5. The molecule has 6 fully saturated rings. The van der Waals surface area contributed by atoms with E-state index in [9.17, 15) is 15.0 Å². The molecule has 0 aromatic heterocycles. The third kappa shape index (κ3) is 2.49. The molecular formula is C31H38N2O4. The van der Waals surface area contributed by atoms with Crippen LogP contribution in [-0.2, 0) is 16.6 Å². The van der Waals surface area contributed by atoms with Crippen molar-refractivity contribution in [1.82, 2.24) is 9.80 Å². The number of amides is 1. The van der Waals surface area contributed by atoms with Crippen molar-refractivity contribution in [3.63, 3.8) is 0 Å². The molecule has 2 bridgehead atoms. The van der Waals surface area contributed by atoms with E-state index < -0.39 is 11.0 Å². The quantitative estimate of drug-likeness (QED) is 0.617. The van der Waals surface area contributed by atoms with Crippen LogP contribution in [0.3, 0.4) is 0 Å². The predicted octanol–water partition coefficient (Wildman–Crippen LogP) is 3.68. The number of piperidine rings is 1. The van der Waals surface area contributed by atoms with Crippen molar-refractivity contribution in [2.24, 2.45) is 16.7 Å². The summed E-state index contributed by atoms with van der Waals surface area (Å²) in [4.78, 5) is 17.9. The van der Waals surface area contributed by atoms with Crippen molar-refractivity contribution in [3.05, 3.63) is 34.9 Å². The zero-order valence-electron chi connectivity index (χ0n) is 21.7. The molecular weight excluding hydrogens is 464 g/mol. The summed E-state index contributed by atoms with van der Waals surface area (Å²) in [5, 5.41) is 23.7. The van der Waals surface area contributed by atoms with Gasteiger partial charge in [0, 0.05) is 48.1 Å². The molecule has 3 heterocycles. The summed E-state index contributed by atoms with van der Waals surface area (Å²) in [6, 6.07) is 3.97. The summed E-state index contributed by atoms with van der Waals surface area (Å²) in [6.07, 6.45) is 13.5. The van der Waals surface area contributed by atoms with Crippen LogP contribution in [-0.4, -0.2) is 69.8 Å². The van der Waals surface area contributed by atoms with Gasteiger partial charge in [0.25, 0.3) is 0 Å². The first kappa shape index (κ1) is 21.8. The maximum Gasteiger partial charge on any atom is 0.246 e. The van der Waals surface area contributed by atoms with Crippen LogP contribution < -0.4 is 4.74 Å². The number of aromatic hydroxyl groups is 1. The fraction of sp³-hybridized carbons (Fsp3) is 0.710. The molecule has 5 atom stereocenters. The maximum absolute atomic E-state index is 13.3. The van der Waals surface area contributed by atoms with E-state index in [1.807, 2.05) is 11.0 Å². The molecule has 5 aliphatic carbocycles. The van der Waals surface area contributed by atoms with Crippen LogP contribution in [0.2, 0.25) is 0 Å². The van der Waals surface area contributed by atoms with Gasteiger partial charge < -0.3 is 19.8 Å². The van der Waals surface area contributed by atoms with Crippen LogP contribution >= 0.6 is 0 Å². The number of ether oxygens (including phenoxy) is 1. The van der Waals surface area contributed by atoms with Gasteiger partial charge in [-0.2, -0.15) is 0 Å². The minimum absolute atomic E-state index is 0.0992.